The van der Waals surface area contributed by atoms with Crippen molar-refractivity contribution >= 4 is 34.4 Å². The molecule has 0 spiro atoms. The lowest BCUT2D eigenvalue weighted by Gasteiger charge is -2.41. The number of hydrogen-bond donors (Lipinski definition) is 2. The molecule has 0 bridgehead atoms. The third-order valence-electron chi connectivity index (χ3n) is 5.73. The normalized spacial score (nSPS) is 18.1. The summed E-state index contributed by atoms with van der Waals surface area (Å²) < 4.78 is 4.51. The second-order valence-corrected chi connectivity index (χ2v) is 8.74. The van der Waals surface area contributed by atoms with Gasteiger partial charge in [-0.2, -0.15) is 0 Å². The number of carbonyl (C=O) groups excluding carboxylic acids is 3. The zero-order chi connectivity index (χ0) is 20.6. The van der Waals surface area contributed by atoms with Crippen molar-refractivity contribution < 1.29 is 19.1 Å². The first kappa shape index (κ1) is 21.5. The van der Waals surface area contributed by atoms with Crippen LogP contribution in [-0.4, -0.2) is 53.5 Å². The number of methoxy groups -OCH3 is 1. The lowest BCUT2D eigenvalue weighted by molar-refractivity contribution is -0.139. The molecule has 3 rings (SSSR count). The van der Waals surface area contributed by atoms with Crippen LogP contribution in [0.15, 0.2) is 6.20 Å². The van der Waals surface area contributed by atoms with Gasteiger partial charge in [-0.3, -0.25) is 14.9 Å². The molecule has 2 N–H and O–H groups in total. The summed E-state index contributed by atoms with van der Waals surface area (Å²) >= 11 is 1.11. The Labute approximate surface area is 175 Å². The fourth-order valence-corrected chi connectivity index (χ4v) is 4.98. The minimum absolute atomic E-state index is 0.111. The molecule has 0 aromatic carbocycles. The summed E-state index contributed by atoms with van der Waals surface area (Å²) in [6, 6.07) is 0.462. The van der Waals surface area contributed by atoms with Gasteiger partial charge in [0.2, 0.25) is 0 Å². The maximum atomic E-state index is 13.2. The molecule has 8 nitrogen and oxygen atoms in total. The van der Waals surface area contributed by atoms with Crippen molar-refractivity contribution in [2.75, 3.05) is 19.0 Å². The van der Waals surface area contributed by atoms with Crippen molar-refractivity contribution in [3.8, 4) is 0 Å². The van der Waals surface area contributed by atoms with Crippen LogP contribution < -0.4 is 10.6 Å². The van der Waals surface area contributed by atoms with Gasteiger partial charge in [0, 0.05) is 12.1 Å². The van der Waals surface area contributed by atoms with E-state index >= 15 is 0 Å². The fourth-order valence-electron chi connectivity index (χ4n) is 4.25. The first-order chi connectivity index (χ1) is 14.1. The smallest absolute Gasteiger partial charge is 0.325 e. The van der Waals surface area contributed by atoms with Gasteiger partial charge in [-0.1, -0.05) is 49.9 Å². The molecule has 29 heavy (non-hydrogen) atoms. The molecule has 1 aromatic rings. The molecule has 2 fully saturated rings. The molecule has 0 unspecified atom stereocenters. The molecule has 9 heteroatoms. The predicted octanol–water partition coefficient (Wildman–Crippen LogP) is 3.55. The second-order valence-electron chi connectivity index (χ2n) is 7.71. The Bertz CT molecular complexity index is 693. The van der Waals surface area contributed by atoms with E-state index in [1.165, 1.54) is 51.8 Å². The van der Waals surface area contributed by atoms with E-state index in [2.05, 4.69) is 25.3 Å². The molecule has 3 amide bonds. The van der Waals surface area contributed by atoms with Crippen LogP contribution in [-0.2, 0) is 9.53 Å². The SMILES string of the molecule is COC(=O)CNC(=O)c1cnc(NC(=O)N(C2CCCCC2)C2CCCCC2)s1. The van der Waals surface area contributed by atoms with Crippen molar-refractivity contribution in [1.82, 2.24) is 15.2 Å². The summed E-state index contributed by atoms with van der Waals surface area (Å²) in [5.74, 6) is -0.934. The summed E-state index contributed by atoms with van der Waals surface area (Å²) in [5.41, 5.74) is 0. The number of ether oxygens (including phenoxy) is 1. The molecule has 0 aliphatic heterocycles. The highest BCUT2D eigenvalue weighted by Crippen LogP contribution is 2.31. The van der Waals surface area contributed by atoms with E-state index < -0.39 is 11.9 Å². The molecule has 0 atom stereocenters. The number of hydrogen-bond acceptors (Lipinski definition) is 6. The summed E-state index contributed by atoms with van der Waals surface area (Å²) in [6.45, 7) is -0.202. The van der Waals surface area contributed by atoms with Gasteiger partial charge in [0.05, 0.1) is 13.3 Å². The van der Waals surface area contributed by atoms with Crippen LogP contribution in [0.1, 0.15) is 73.9 Å². The van der Waals surface area contributed by atoms with Crippen molar-refractivity contribution in [2.24, 2.45) is 0 Å². The number of thiazole rings is 1. The lowest BCUT2D eigenvalue weighted by Crippen LogP contribution is -2.50. The Hall–Kier alpha value is -2.16. The van der Waals surface area contributed by atoms with E-state index in [0.717, 1.165) is 37.0 Å². The lowest BCUT2D eigenvalue weighted by atomic mass is 9.89. The number of nitrogens with zero attached hydrogens (tertiary/aromatic N) is 2. The first-order valence-corrected chi connectivity index (χ1v) is 11.3. The van der Waals surface area contributed by atoms with Crippen LogP contribution in [0.25, 0.3) is 0 Å². The molecular formula is C20H30N4O4S. The number of nitrogens with one attached hydrogen (secondary N) is 2. The molecule has 2 aliphatic carbocycles. The highest BCUT2D eigenvalue weighted by molar-refractivity contribution is 7.17. The van der Waals surface area contributed by atoms with Gasteiger partial charge in [0.25, 0.3) is 5.91 Å². The van der Waals surface area contributed by atoms with Crippen LogP contribution >= 0.6 is 11.3 Å². The largest absolute Gasteiger partial charge is 0.468 e. The Morgan fingerprint density at radius 3 is 2.21 bits per heavy atom. The van der Waals surface area contributed by atoms with Gasteiger partial charge in [-0.05, 0) is 25.7 Å². The van der Waals surface area contributed by atoms with Crippen LogP contribution in [0.2, 0.25) is 0 Å². The Morgan fingerprint density at radius 1 is 1.07 bits per heavy atom. The number of amides is 3. The minimum atomic E-state index is -0.521. The summed E-state index contributed by atoms with van der Waals surface area (Å²) in [4.78, 5) is 43.0. The van der Waals surface area contributed by atoms with E-state index in [1.807, 2.05) is 0 Å². The fraction of sp³-hybridized carbons (Fsp3) is 0.700. The van der Waals surface area contributed by atoms with E-state index in [0.29, 0.717) is 10.0 Å². The van der Waals surface area contributed by atoms with Gasteiger partial charge in [0.15, 0.2) is 5.13 Å². The average Bonchev–Trinajstić information content (AvgIpc) is 3.22. The number of esters is 1. The van der Waals surface area contributed by atoms with E-state index in [-0.39, 0.29) is 24.7 Å². The van der Waals surface area contributed by atoms with Crippen molar-refractivity contribution in [2.45, 2.75) is 76.3 Å². The second kappa shape index (κ2) is 10.6. The Kier molecular flexibility index (Phi) is 7.85. The van der Waals surface area contributed by atoms with Crippen LogP contribution in [0.4, 0.5) is 9.93 Å². The molecule has 0 saturated heterocycles. The van der Waals surface area contributed by atoms with Crippen molar-refractivity contribution in [3.63, 3.8) is 0 Å². The zero-order valence-electron chi connectivity index (χ0n) is 16.9. The minimum Gasteiger partial charge on any atom is -0.468 e. The third kappa shape index (κ3) is 5.91. The van der Waals surface area contributed by atoms with Gasteiger partial charge < -0.3 is 15.0 Å². The van der Waals surface area contributed by atoms with Crippen molar-refractivity contribution in [3.05, 3.63) is 11.1 Å². The third-order valence-corrected chi connectivity index (χ3v) is 6.65. The molecule has 1 aromatic heterocycles. The van der Waals surface area contributed by atoms with Gasteiger partial charge in [-0.25, -0.2) is 9.78 Å². The predicted molar refractivity (Wildman–Crippen MR) is 111 cm³/mol. The van der Waals surface area contributed by atoms with Crippen LogP contribution in [0, 0.1) is 0 Å². The van der Waals surface area contributed by atoms with Gasteiger partial charge >= 0.3 is 12.0 Å². The molecule has 160 valence electrons. The topological polar surface area (TPSA) is 101 Å². The Morgan fingerprint density at radius 2 is 1.66 bits per heavy atom. The maximum Gasteiger partial charge on any atom is 0.325 e. The zero-order valence-corrected chi connectivity index (χ0v) is 17.8. The number of aromatic nitrogens is 1. The van der Waals surface area contributed by atoms with Crippen LogP contribution in [0.3, 0.4) is 0 Å². The monoisotopic (exact) mass is 422 g/mol. The molecule has 2 saturated carbocycles. The highest BCUT2D eigenvalue weighted by Gasteiger charge is 2.33. The summed E-state index contributed by atoms with van der Waals surface area (Å²) in [5, 5.41) is 5.78. The molecule has 2 aliphatic rings. The average molecular weight is 423 g/mol. The Balaban J connectivity index is 1.63. The highest BCUT2D eigenvalue weighted by atomic mass is 32.1. The standard InChI is InChI=1S/C20H30N4O4S/c1-28-17(25)13-21-18(26)16-12-22-19(29-16)23-20(27)24(14-8-4-2-5-9-14)15-10-6-3-7-11-15/h12,14-15H,2-11,13H2,1H3,(H,21,26)(H,22,23,27). The molecular weight excluding hydrogens is 392 g/mol. The van der Waals surface area contributed by atoms with E-state index in [1.54, 1.807) is 0 Å². The van der Waals surface area contributed by atoms with E-state index in [9.17, 15) is 14.4 Å². The molecule has 0 radical (unpaired) electrons. The molecule has 1 heterocycles. The number of anilines is 1. The van der Waals surface area contributed by atoms with Gasteiger partial charge in [-0.15, -0.1) is 0 Å². The summed E-state index contributed by atoms with van der Waals surface area (Å²) in [6.07, 6.45) is 12.8. The quantitative estimate of drug-likeness (QED) is 0.683. The van der Waals surface area contributed by atoms with Crippen LogP contribution in [0.5, 0.6) is 0 Å². The first-order valence-electron chi connectivity index (χ1n) is 10.5. The van der Waals surface area contributed by atoms with Crippen molar-refractivity contribution in [1.29, 1.82) is 0 Å². The number of carbonyl (C=O) groups is 3. The summed E-state index contributed by atoms with van der Waals surface area (Å²) in [7, 11) is 1.26. The number of rotatable bonds is 6. The van der Waals surface area contributed by atoms with Gasteiger partial charge in [0.1, 0.15) is 11.4 Å². The number of urea groups is 1. The maximum absolute atomic E-state index is 13.2. The van der Waals surface area contributed by atoms with E-state index in [4.69, 9.17) is 0 Å².